The highest BCUT2D eigenvalue weighted by atomic mass is 35.5. The van der Waals surface area contributed by atoms with Crippen molar-refractivity contribution < 1.29 is 5.11 Å². The topological polar surface area (TPSA) is 38.0 Å². The minimum Gasteiger partial charge on any atom is -0.393 e. The molecular weight excluding hydrogens is 283 g/mol. The molecule has 1 aromatic heterocycles. The molecule has 1 unspecified atom stereocenters. The molecule has 1 heterocycles. The molecule has 0 saturated heterocycles. The number of aromatic nitrogens is 2. The van der Waals surface area contributed by atoms with Crippen LogP contribution in [0.25, 0.3) is 0 Å². The monoisotopic (exact) mass is 298 g/mol. The fourth-order valence-corrected chi connectivity index (χ4v) is 2.46. The first kappa shape index (κ1) is 14.4. The molecule has 0 aliphatic heterocycles. The summed E-state index contributed by atoms with van der Waals surface area (Å²) in [6.45, 7) is 0. The summed E-state index contributed by atoms with van der Waals surface area (Å²) >= 11 is 11.9. The highest BCUT2D eigenvalue weighted by Crippen LogP contribution is 2.22. The molecule has 2 rings (SSSR count). The number of hydrogen-bond donors (Lipinski definition) is 1. The molecule has 19 heavy (non-hydrogen) atoms. The first-order valence-electron chi connectivity index (χ1n) is 6.14. The Hall–Kier alpha value is -1.03. The number of aliphatic hydroxyl groups excluding tert-OH is 1. The Labute approximate surface area is 122 Å². The van der Waals surface area contributed by atoms with Crippen LogP contribution in [0.4, 0.5) is 0 Å². The van der Waals surface area contributed by atoms with Crippen LogP contribution in [0.1, 0.15) is 17.8 Å². The molecule has 0 radical (unpaired) electrons. The highest BCUT2D eigenvalue weighted by Gasteiger charge is 2.10. The Morgan fingerprint density at radius 2 is 2.16 bits per heavy atom. The van der Waals surface area contributed by atoms with Crippen molar-refractivity contribution in [1.29, 1.82) is 0 Å². The molecule has 0 aliphatic carbocycles. The SMILES string of the molecule is Cn1ccnc1CCC(O)Cc1ccc(Cl)cc1Cl. The summed E-state index contributed by atoms with van der Waals surface area (Å²) in [6.07, 6.45) is 5.16. The Morgan fingerprint density at radius 3 is 2.79 bits per heavy atom. The van der Waals surface area contributed by atoms with Gasteiger partial charge in [0.2, 0.25) is 0 Å². The minimum atomic E-state index is -0.435. The number of benzene rings is 1. The van der Waals surface area contributed by atoms with Crippen molar-refractivity contribution in [3.05, 3.63) is 52.0 Å². The van der Waals surface area contributed by atoms with Gasteiger partial charge >= 0.3 is 0 Å². The molecule has 0 saturated carbocycles. The molecule has 1 atom stereocenters. The van der Waals surface area contributed by atoms with E-state index < -0.39 is 6.10 Å². The molecule has 0 fully saturated rings. The lowest BCUT2D eigenvalue weighted by molar-refractivity contribution is 0.164. The second kappa shape index (κ2) is 6.42. The van der Waals surface area contributed by atoms with Crippen molar-refractivity contribution in [2.75, 3.05) is 0 Å². The number of hydrogen-bond acceptors (Lipinski definition) is 2. The van der Waals surface area contributed by atoms with Crippen LogP contribution in [0.15, 0.2) is 30.6 Å². The zero-order valence-electron chi connectivity index (χ0n) is 10.7. The maximum absolute atomic E-state index is 10.1. The van der Waals surface area contributed by atoms with Crippen molar-refractivity contribution in [1.82, 2.24) is 9.55 Å². The number of imidazole rings is 1. The smallest absolute Gasteiger partial charge is 0.108 e. The lowest BCUT2D eigenvalue weighted by atomic mass is 10.0. The molecule has 2 aromatic rings. The van der Waals surface area contributed by atoms with Gasteiger partial charge in [0.05, 0.1) is 6.10 Å². The average molecular weight is 299 g/mol. The van der Waals surface area contributed by atoms with E-state index in [0.717, 1.165) is 17.8 Å². The van der Waals surface area contributed by atoms with Gasteiger partial charge in [0.1, 0.15) is 5.82 Å². The molecule has 1 aromatic carbocycles. The summed E-state index contributed by atoms with van der Waals surface area (Å²) in [7, 11) is 1.95. The predicted octanol–water partition coefficient (Wildman–Crippen LogP) is 3.26. The Balaban J connectivity index is 1.90. The van der Waals surface area contributed by atoms with Crippen molar-refractivity contribution >= 4 is 23.2 Å². The lowest BCUT2D eigenvalue weighted by Crippen LogP contribution is -2.13. The van der Waals surface area contributed by atoms with Crippen molar-refractivity contribution in [3.63, 3.8) is 0 Å². The van der Waals surface area contributed by atoms with E-state index in [1.54, 1.807) is 18.3 Å². The Kier molecular flexibility index (Phi) is 4.86. The maximum Gasteiger partial charge on any atom is 0.108 e. The second-order valence-corrected chi connectivity index (χ2v) is 5.43. The third kappa shape index (κ3) is 3.96. The molecule has 0 amide bonds. The fraction of sp³-hybridized carbons (Fsp3) is 0.357. The summed E-state index contributed by atoms with van der Waals surface area (Å²) in [5.74, 6) is 0.973. The maximum atomic E-state index is 10.1. The van der Waals surface area contributed by atoms with Crippen LogP contribution >= 0.6 is 23.2 Å². The number of halogens is 2. The quantitative estimate of drug-likeness (QED) is 0.920. The van der Waals surface area contributed by atoms with Gasteiger partial charge < -0.3 is 9.67 Å². The first-order valence-corrected chi connectivity index (χ1v) is 6.90. The summed E-state index contributed by atoms with van der Waals surface area (Å²) in [5, 5.41) is 11.3. The van der Waals surface area contributed by atoms with Crippen LogP contribution in [-0.2, 0) is 19.9 Å². The minimum absolute atomic E-state index is 0.435. The van der Waals surface area contributed by atoms with E-state index in [9.17, 15) is 5.11 Å². The van der Waals surface area contributed by atoms with Crippen LogP contribution in [-0.4, -0.2) is 20.8 Å². The molecule has 0 bridgehead atoms. The molecule has 5 heteroatoms. The molecule has 0 spiro atoms. The second-order valence-electron chi connectivity index (χ2n) is 4.59. The highest BCUT2D eigenvalue weighted by molar-refractivity contribution is 6.35. The van der Waals surface area contributed by atoms with Gasteiger partial charge in [-0.25, -0.2) is 4.98 Å². The fourth-order valence-electron chi connectivity index (χ4n) is 1.98. The van der Waals surface area contributed by atoms with E-state index in [4.69, 9.17) is 23.2 Å². The van der Waals surface area contributed by atoms with Crippen LogP contribution < -0.4 is 0 Å². The molecule has 3 nitrogen and oxygen atoms in total. The van der Waals surface area contributed by atoms with Gasteiger partial charge in [0, 0.05) is 35.9 Å². The van der Waals surface area contributed by atoms with Gasteiger partial charge in [0.25, 0.3) is 0 Å². The van der Waals surface area contributed by atoms with Crippen LogP contribution in [0.3, 0.4) is 0 Å². The number of nitrogens with zero attached hydrogens (tertiary/aromatic N) is 2. The standard InChI is InChI=1S/C14H16Cl2N2O/c1-18-7-6-17-14(18)5-4-12(19)8-10-2-3-11(15)9-13(10)16/h2-3,6-7,9,12,19H,4-5,8H2,1H3. The van der Waals surface area contributed by atoms with Crippen LogP contribution in [0.5, 0.6) is 0 Å². The molecule has 102 valence electrons. The zero-order chi connectivity index (χ0) is 13.8. The Bertz CT molecular complexity index is 554. The summed E-state index contributed by atoms with van der Waals surface area (Å²) < 4.78 is 1.96. The summed E-state index contributed by atoms with van der Waals surface area (Å²) in [6, 6.07) is 5.34. The largest absolute Gasteiger partial charge is 0.393 e. The van der Waals surface area contributed by atoms with E-state index in [-0.39, 0.29) is 0 Å². The van der Waals surface area contributed by atoms with Crippen molar-refractivity contribution in [2.24, 2.45) is 7.05 Å². The van der Waals surface area contributed by atoms with E-state index in [1.807, 2.05) is 23.9 Å². The first-order chi connectivity index (χ1) is 9.06. The van der Waals surface area contributed by atoms with E-state index in [0.29, 0.717) is 22.9 Å². The van der Waals surface area contributed by atoms with E-state index in [2.05, 4.69) is 4.98 Å². The molecule has 1 N–H and O–H groups in total. The van der Waals surface area contributed by atoms with E-state index >= 15 is 0 Å². The molecule has 0 aliphatic rings. The number of aliphatic hydroxyl groups is 1. The van der Waals surface area contributed by atoms with Crippen molar-refractivity contribution in [3.8, 4) is 0 Å². The van der Waals surface area contributed by atoms with Gasteiger partial charge in [0.15, 0.2) is 0 Å². The van der Waals surface area contributed by atoms with Crippen molar-refractivity contribution in [2.45, 2.75) is 25.4 Å². The number of rotatable bonds is 5. The van der Waals surface area contributed by atoms with Gasteiger partial charge in [-0.2, -0.15) is 0 Å². The van der Waals surface area contributed by atoms with Gasteiger partial charge in [-0.05, 0) is 30.5 Å². The van der Waals surface area contributed by atoms with Crippen LogP contribution in [0.2, 0.25) is 10.0 Å². The predicted molar refractivity (Wildman–Crippen MR) is 77.7 cm³/mol. The van der Waals surface area contributed by atoms with Crippen LogP contribution in [0, 0.1) is 0 Å². The van der Waals surface area contributed by atoms with Gasteiger partial charge in [-0.3, -0.25) is 0 Å². The summed E-state index contributed by atoms with van der Waals surface area (Å²) in [5.41, 5.74) is 0.915. The Morgan fingerprint density at radius 1 is 1.37 bits per heavy atom. The number of aryl methyl sites for hydroxylation is 2. The summed E-state index contributed by atoms with van der Waals surface area (Å²) in [4.78, 5) is 4.23. The van der Waals surface area contributed by atoms with Gasteiger partial charge in [-0.1, -0.05) is 29.3 Å². The third-order valence-corrected chi connectivity index (χ3v) is 3.68. The third-order valence-electron chi connectivity index (χ3n) is 3.09. The van der Waals surface area contributed by atoms with E-state index in [1.165, 1.54) is 0 Å². The normalized spacial score (nSPS) is 12.6. The van der Waals surface area contributed by atoms with Gasteiger partial charge in [-0.15, -0.1) is 0 Å². The lowest BCUT2D eigenvalue weighted by Gasteiger charge is -2.12. The molecular formula is C14H16Cl2N2O. The average Bonchev–Trinajstić information content (AvgIpc) is 2.76. The zero-order valence-corrected chi connectivity index (χ0v) is 12.2.